The van der Waals surface area contributed by atoms with Crippen LogP contribution in [0.5, 0.6) is 0 Å². The smallest absolute Gasteiger partial charge is 0.0594 e. The highest BCUT2D eigenvalue weighted by molar-refractivity contribution is 5.45. The number of aliphatic hydroxyl groups excluding tert-OH is 1. The third-order valence-electron chi connectivity index (χ3n) is 12.4. The fourth-order valence-electron chi connectivity index (χ4n) is 9.81. The van der Waals surface area contributed by atoms with Gasteiger partial charge in [-0.15, -0.1) is 0 Å². The molecular formula is C30H48O. The Morgan fingerprint density at radius 3 is 2.13 bits per heavy atom. The van der Waals surface area contributed by atoms with Crippen molar-refractivity contribution >= 4 is 0 Å². The lowest BCUT2D eigenvalue weighted by Crippen LogP contribution is -2.60. The molecule has 0 aromatic carbocycles. The van der Waals surface area contributed by atoms with Crippen LogP contribution in [0.1, 0.15) is 113 Å². The number of hydrogen-bond donors (Lipinski definition) is 1. The van der Waals surface area contributed by atoms with Crippen molar-refractivity contribution in [2.75, 3.05) is 0 Å². The molecule has 1 heteroatoms. The minimum absolute atomic E-state index is 0.0125. The van der Waals surface area contributed by atoms with Crippen molar-refractivity contribution in [2.24, 2.45) is 44.3 Å². The van der Waals surface area contributed by atoms with Gasteiger partial charge in [0, 0.05) is 0 Å². The minimum atomic E-state index is -0.152. The second-order valence-electron chi connectivity index (χ2n) is 14.8. The zero-order chi connectivity index (χ0) is 22.7. The summed E-state index contributed by atoms with van der Waals surface area (Å²) in [6.07, 6.45) is 16.7. The molecule has 0 aromatic heterocycles. The van der Waals surface area contributed by atoms with Crippen molar-refractivity contribution in [1.82, 2.24) is 0 Å². The van der Waals surface area contributed by atoms with Gasteiger partial charge in [0.15, 0.2) is 0 Å². The summed E-state index contributed by atoms with van der Waals surface area (Å²) in [6, 6.07) is 0. The van der Waals surface area contributed by atoms with E-state index in [1.54, 1.807) is 11.1 Å². The zero-order valence-corrected chi connectivity index (χ0v) is 21.7. The lowest BCUT2D eigenvalue weighted by Gasteiger charge is -2.68. The molecule has 0 aromatic rings. The van der Waals surface area contributed by atoms with Gasteiger partial charge >= 0.3 is 0 Å². The van der Waals surface area contributed by atoms with Crippen molar-refractivity contribution in [1.29, 1.82) is 0 Å². The highest BCUT2D eigenvalue weighted by atomic mass is 16.3. The van der Waals surface area contributed by atoms with Crippen LogP contribution in [0.2, 0.25) is 0 Å². The molecule has 31 heavy (non-hydrogen) atoms. The van der Waals surface area contributed by atoms with E-state index in [-0.39, 0.29) is 22.3 Å². The van der Waals surface area contributed by atoms with E-state index in [1.807, 2.05) is 0 Å². The predicted octanol–water partition coefficient (Wildman–Crippen LogP) is 8.09. The topological polar surface area (TPSA) is 20.2 Å². The molecule has 0 saturated heterocycles. The van der Waals surface area contributed by atoms with E-state index in [0.29, 0.717) is 22.2 Å². The van der Waals surface area contributed by atoms with E-state index in [9.17, 15) is 5.11 Å². The van der Waals surface area contributed by atoms with Crippen LogP contribution in [-0.2, 0) is 0 Å². The van der Waals surface area contributed by atoms with E-state index < -0.39 is 0 Å². The molecule has 0 heterocycles. The molecule has 0 amide bonds. The van der Waals surface area contributed by atoms with E-state index in [1.165, 1.54) is 44.9 Å². The highest BCUT2D eigenvalue weighted by Gasteiger charge is 2.65. The van der Waals surface area contributed by atoms with Crippen molar-refractivity contribution in [3.63, 3.8) is 0 Å². The SMILES string of the molecule is CC1(C)CC[C@]2(C)CC[C@]3(C)C(=CC=C4[C@@]5(C)CC[C@H](O)C(C)(C)[C@H]5CC[C@]43C)[C@H]2C1. The van der Waals surface area contributed by atoms with Gasteiger partial charge in [0.25, 0.3) is 0 Å². The molecule has 5 rings (SSSR count). The molecule has 0 bridgehead atoms. The third kappa shape index (κ3) is 2.71. The van der Waals surface area contributed by atoms with Crippen molar-refractivity contribution < 1.29 is 5.11 Å². The first-order valence-corrected chi connectivity index (χ1v) is 13.3. The Morgan fingerprint density at radius 2 is 1.42 bits per heavy atom. The van der Waals surface area contributed by atoms with E-state index in [0.717, 1.165) is 18.8 Å². The largest absolute Gasteiger partial charge is 0.393 e. The molecule has 7 atom stereocenters. The first-order chi connectivity index (χ1) is 14.2. The molecular weight excluding hydrogens is 376 g/mol. The number of fused-ring (bicyclic) bond motifs is 7. The Morgan fingerprint density at radius 1 is 0.742 bits per heavy atom. The summed E-state index contributed by atoms with van der Waals surface area (Å²) in [7, 11) is 0. The first-order valence-electron chi connectivity index (χ1n) is 13.3. The third-order valence-corrected chi connectivity index (χ3v) is 12.4. The molecule has 4 saturated carbocycles. The zero-order valence-electron chi connectivity index (χ0n) is 21.7. The van der Waals surface area contributed by atoms with Gasteiger partial charge in [0.05, 0.1) is 6.10 Å². The van der Waals surface area contributed by atoms with Gasteiger partial charge in [-0.3, -0.25) is 0 Å². The van der Waals surface area contributed by atoms with Gasteiger partial charge in [-0.2, -0.15) is 0 Å². The maximum Gasteiger partial charge on any atom is 0.0594 e. The van der Waals surface area contributed by atoms with Gasteiger partial charge in [0.1, 0.15) is 0 Å². The summed E-state index contributed by atoms with van der Waals surface area (Å²) in [5.74, 6) is 1.34. The number of rotatable bonds is 0. The quantitative estimate of drug-likeness (QED) is 0.416. The Hall–Kier alpha value is -0.560. The van der Waals surface area contributed by atoms with E-state index >= 15 is 0 Å². The second kappa shape index (κ2) is 6.31. The van der Waals surface area contributed by atoms with Crippen LogP contribution < -0.4 is 0 Å². The summed E-state index contributed by atoms with van der Waals surface area (Å²) in [5, 5.41) is 10.9. The van der Waals surface area contributed by atoms with Crippen LogP contribution in [0.25, 0.3) is 0 Å². The molecule has 0 unspecified atom stereocenters. The molecule has 1 nitrogen and oxygen atoms in total. The van der Waals surface area contributed by atoms with Crippen LogP contribution >= 0.6 is 0 Å². The van der Waals surface area contributed by atoms with Crippen LogP contribution in [0.15, 0.2) is 23.3 Å². The molecule has 0 aliphatic heterocycles. The number of aliphatic hydroxyl groups is 1. The summed E-state index contributed by atoms with van der Waals surface area (Å²) in [4.78, 5) is 0. The number of allylic oxidation sites excluding steroid dienone is 4. The van der Waals surface area contributed by atoms with E-state index in [2.05, 4.69) is 67.5 Å². The fourth-order valence-corrected chi connectivity index (χ4v) is 9.81. The molecule has 174 valence electrons. The van der Waals surface area contributed by atoms with Crippen LogP contribution in [0, 0.1) is 44.3 Å². The average molecular weight is 425 g/mol. The van der Waals surface area contributed by atoms with Gasteiger partial charge < -0.3 is 5.11 Å². The monoisotopic (exact) mass is 424 g/mol. The average Bonchev–Trinajstić information content (AvgIpc) is 2.67. The first kappa shape index (κ1) is 22.2. The Kier molecular flexibility index (Phi) is 4.53. The van der Waals surface area contributed by atoms with Crippen molar-refractivity contribution in [2.45, 2.75) is 119 Å². The van der Waals surface area contributed by atoms with Crippen LogP contribution in [0.4, 0.5) is 0 Å². The van der Waals surface area contributed by atoms with Crippen molar-refractivity contribution in [3.05, 3.63) is 23.3 Å². The molecule has 0 spiro atoms. The summed E-state index contributed by atoms with van der Waals surface area (Å²) >= 11 is 0. The maximum atomic E-state index is 10.9. The predicted molar refractivity (Wildman–Crippen MR) is 131 cm³/mol. The number of hydrogen-bond acceptors (Lipinski definition) is 1. The molecule has 0 radical (unpaired) electrons. The van der Waals surface area contributed by atoms with Gasteiger partial charge in [-0.05, 0) is 102 Å². The molecule has 5 aliphatic carbocycles. The fraction of sp³-hybridized carbons (Fsp3) is 0.867. The van der Waals surface area contributed by atoms with E-state index in [4.69, 9.17) is 0 Å². The lowest BCUT2D eigenvalue weighted by atomic mass is 9.36. The Labute approximate surface area is 192 Å². The summed E-state index contributed by atoms with van der Waals surface area (Å²) in [6.45, 7) is 20.2. The lowest BCUT2D eigenvalue weighted by molar-refractivity contribution is -0.125. The molecule has 4 fully saturated rings. The van der Waals surface area contributed by atoms with Gasteiger partial charge in [-0.25, -0.2) is 0 Å². The van der Waals surface area contributed by atoms with Crippen molar-refractivity contribution in [3.8, 4) is 0 Å². The second-order valence-corrected chi connectivity index (χ2v) is 14.8. The molecule has 1 N–H and O–H groups in total. The van der Waals surface area contributed by atoms with Gasteiger partial charge in [0.2, 0.25) is 0 Å². The Bertz CT molecular complexity index is 844. The van der Waals surface area contributed by atoms with Gasteiger partial charge in [-0.1, -0.05) is 78.7 Å². The summed E-state index contributed by atoms with van der Waals surface area (Å²) < 4.78 is 0. The Balaban J connectivity index is 1.63. The molecule has 5 aliphatic rings. The highest BCUT2D eigenvalue weighted by Crippen LogP contribution is 2.74. The van der Waals surface area contributed by atoms with Crippen LogP contribution in [-0.4, -0.2) is 11.2 Å². The maximum absolute atomic E-state index is 10.9. The van der Waals surface area contributed by atoms with Crippen LogP contribution in [0.3, 0.4) is 0 Å². The standard InChI is InChI=1S/C30H48O/c1-25(2)15-16-27(5)17-18-29(7)20(21(27)19-25)9-10-23-28(6)13-12-24(31)26(3,4)22(28)11-14-30(23,29)8/h9-10,21-22,24,31H,11-19H2,1-8H3/t21-,22-,24+,27-,28+,29-,30-/m1/s1. The minimum Gasteiger partial charge on any atom is -0.393 e. The normalized spacial score (nSPS) is 52.6. The summed E-state index contributed by atoms with van der Waals surface area (Å²) in [5.41, 5.74) is 5.32.